The van der Waals surface area contributed by atoms with Gasteiger partial charge in [-0.2, -0.15) is 0 Å². The van der Waals surface area contributed by atoms with Crippen molar-refractivity contribution in [2.45, 2.75) is 32.2 Å². The van der Waals surface area contributed by atoms with E-state index < -0.39 is 0 Å². The van der Waals surface area contributed by atoms with Crippen molar-refractivity contribution >= 4 is 0 Å². The fourth-order valence-electron chi connectivity index (χ4n) is 1.47. The van der Waals surface area contributed by atoms with E-state index in [1.54, 1.807) is 6.20 Å². The molecular weight excluding hydrogens is 188 g/mol. The maximum Gasteiger partial charge on any atom is 0.0465 e. The van der Waals surface area contributed by atoms with Crippen LogP contribution in [-0.4, -0.2) is 18.2 Å². The van der Waals surface area contributed by atoms with Crippen molar-refractivity contribution in [1.29, 1.82) is 0 Å². The molecule has 1 unspecified atom stereocenters. The van der Waals surface area contributed by atoms with Crippen LogP contribution >= 0.6 is 0 Å². The molecule has 3 nitrogen and oxygen atoms in total. The van der Waals surface area contributed by atoms with Gasteiger partial charge in [0.1, 0.15) is 0 Å². The molecule has 0 spiro atoms. The molecule has 0 saturated heterocycles. The van der Waals surface area contributed by atoms with Gasteiger partial charge in [-0.25, -0.2) is 0 Å². The van der Waals surface area contributed by atoms with Crippen molar-refractivity contribution in [1.82, 2.24) is 4.98 Å². The summed E-state index contributed by atoms with van der Waals surface area (Å²) in [4.78, 5) is 4.06. The summed E-state index contributed by atoms with van der Waals surface area (Å²) in [5, 5.41) is 0. The summed E-state index contributed by atoms with van der Waals surface area (Å²) in [5.41, 5.74) is 7.15. The lowest BCUT2D eigenvalue weighted by molar-refractivity contribution is 0.142. The van der Waals surface area contributed by atoms with Crippen LogP contribution in [0, 0.1) is 0 Å². The van der Waals surface area contributed by atoms with Gasteiger partial charge in [-0.1, -0.05) is 6.07 Å². The summed E-state index contributed by atoms with van der Waals surface area (Å²) in [5.74, 6) is 0. The third-order valence-corrected chi connectivity index (χ3v) is 2.37. The number of unbranched alkanes of at least 4 members (excludes halogenated alkanes) is 1. The van der Waals surface area contributed by atoms with E-state index in [4.69, 9.17) is 10.5 Å². The van der Waals surface area contributed by atoms with Gasteiger partial charge >= 0.3 is 0 Å². The molecule has 2 N–H and O–H groups in total. The Morgan fingerprint density at radius 2 is 2.33 bits per heavy atom. The minimum atomic E-state index is 0.111. The molecule has 0 radical (unpaired) electrons. The van der Waals surface area contributed by atoms with Crippen LogP contribution in [0.2, 0.25) is 0 Å². The van der Waals surface area contributed by atoms with E-state index >= 15 is 0 Å². The van der Waals surface area contributed by atoms with Gasteiger partial charge in [0.05, 0.1) is 0 Å². The van der Waals surface area contributed by atoms with Crippen LogP contribution in [0.3, 0.4) is 0 Å². The monoisotopic (exact) mass is 208 g/mol. The van der Waals surface area contributed by atoms with Crippen LogP contribution in [0.4, 0.5) is 0 Å². The molecule has 1 aromatic rings. The van der Waals surface area contributed by atoms with E-state index in [1.807, 2.05) is 25.3 Å². The zero-order chi connectivity index (χ0) is 10.9. The lowest BCUT2D eigenvalue weighted by Gasteiger charge is -2.10. The summed E-state index contributed by atoms with van der Waals surface area (Å²) < 4.78 is 5.27. The molecule has 0 aliphatic heterocycles. The second-order valence-corrected chi connectivity index (χ2v) is 3.59. The van der Waals surface area contributed by atoms with Crippen LogP contribution in [-0.2, 0) is 4.74 Å². The van der Waals surface area contributed by atoms with Crippen LogP contribution in [0.5, 0.6) is 0 Å². The Kier molecular flexibility index (Phi) is 5.97. The topological polar surface area (TPSA) is 48.1 Å². The minimum absolute atomic E-state index is 0.111. The molecule has 0 aliphatic carbocycles. The maximum absolute atomic E-state index is 6.03. The van der Waals surface area contributed by atoms with Gasteiger partial charge in [-0.15, -0.1) is 0 Å². The normalized spacial score (nSPS) is 12.7. The van der Waals surface area contributed by atoms with Gasteiger partial charge in [-0.05, 0) is 37.8 Å². The highest BCUT2D eigenvalue weighted by atomic mass is 16.5. The molecule has 1 atom stereocenters. The highest BCUT2D eigenvalue weighted by Crippen LogP contribution is 2.14. The largest absolute Gasteiger partial charge is 0.382 e. The van der Waals surface area contributed by atoms with Crippen molar-refractivity contribution in [3.05, 3.63) is 30.1 Å². The second-order valence-electron chi connectivity index (χ2n) is 3.59. The zero-order valence-corrected chi connectivity index (χ0v) is 9.36. The molecular formula is C12H20N2O. The predicted octanol–water partition coefficient (Wildman–Crippen LogP) is 2.29. The second kappa shape index (κ2) is 7.37. The fraction of sp³-hybridized carbons (Fsp3) is 0.583. The standard InChI is InChI=1S/C12H20N2O/c1-2-15-9-4-3-7-12(13)11-6-5-8-14-10-11/h5-6,8,10,12H,2-4,7,9,13H2,1H3. The van der Waals surface area contributed by atoms with Gasteiger partial charge in [0.15, 0.2) is 0 Å². The van der Waals surface area contributed by atoms with Crippen molar-refractivity contribution in [3.63, 3.8) is 0 Å². The molecule has 0 aliphatic rings. The van der Waals surface area contributed by atoms with Gasteiger partial charge in [0.2, 0.25) is 0 Å². The Hall–Kier alpha value is -0.930. The van der Waals surface area contributed by atoms with E-state index in [0.29, 0.717) is 0 Å². The molecule has 1 rings (SSSR count). The van der Waals surface area contributed by atoms with E-state index in [9.17, 15) is 0 Å². The molecule has 84 valence electrons. The van der Waals surface area contributed by atoms with Crippen LogP contribution < -0.4 is 5.73 Å². The molecule has 1 aromatic heterocycles. The first-order valence-electron chi connectivity index (χ1n) is 5.58. The third-order valence-electron chi connectivity index (χ3n) is 2.37. The van der Waals surface area contributed by atoms with Gasteiger partial charge in [-0.3, -0.25) is 4.98 Å². The summed E-state index contributed by atoms with van der Waals surface area (Å²) in [6, 6.07) is 4.07. The van der Waals surface area contributed by atoms with Gasteiger partial charge in [0, 0.05) is 31.6 Å². The van der Waals surface area contributed by atoms with E-state index in [0.717, 1.165) is 38.0 Å². The first kappa shape index (κ1) is 12.1. The minimum Gasteiger partial charge on any atom is -0.382 e. The smallest absolute Gasteiger partial charge is 0.0465 e. The van der Waals surface area contributed by atoms with Crippen LogP contribution in [0.1, 0.15) is 37.8 Å². The SMILES string of the molecule is CCOCCCCC(N)c1cccnc1. The highest BCUT2D eigenvalue weighted by molar-refractivity contribution is 5.12. The Balaban J connectivity index is 2.16. The maximum atomic E-state index is 6.03. The number of rotatable bonds is 7. The first-order chi connectivity index (χ1) is 7.34. The lowest BCUT2D eigenvalue weighted by Crippen LogP contribution is -2.10. The summed E-state index contributed by atoms with van der Waals surface area (Å²) in [6.07, 6.45) is 6.80. The van der Waals surface area contributed by atoms with Crippen molar-refractivity contribution in [2.24, 2.45) is 5.73 Å². The Labute approximate surface area is 91.7 Å². The van der Waals surface area contributed by atoms with Crippen LogP contribution in [0.25, 0.3) is 0 Å². The lowest BCUT2D eigenvalue weighted by atomic mass is 10.0. The molecule has 0 saturated carbocycles. The average Bonchev–Trinajstić information content (AvgIpc) is 2.30. The van der Waals surface area contributed by atoms with E-state index in [2.05, 4.69) is 4.98 Å². The Morgan fingerprint density at radius 3 is 3.00 bits per heavy atom. The molecule has 0 fully saturated rings. The first-order valence-corrected chi connectivity index (χ1v) is 5.58. The summed E-state index contributed by atoms with van der Waals surface area (Å²) >= 11 is 0. The molecule has 0 amide bonds. The average molecular weight is 208 g/mol. The molecule has 3 heteroatoms. The number of pyridine rings is 1. The highest BCUT2D eigenvalue weighted by Gasteiger charge is 2.04. The van der Waals surface area contributed by atoms with Gasteiger partial charge in [0.25, 0.3) is 0 Å². The number of ether oxygens (including phenoxy) is 1. The third kappa shape index (κ3) is 4.91. The van der Waals surface area contributed by atoms with Crippen molar-refractivity contribution in [2.75, 3.05) is 13.2 Å². The molecule has 0 aromatic carbocycles. The van der Waals surface area contributed by atoms with E-state index in [1.165, 1.54) is 0 Å². The van der Waals surface area contributed by atoms with Crippen molar-refractivity contribution < 1.29 is 4.74 Å². The number of hydrogen-bond donors (Lipinski definition) is 1. The Bertz CT molecular complexity index is 251. The fourth-order valence-corrected chi connectivity index (χ4v) is 1.47. The quantitative estimate of drug-likeness (QED) is 0.699. The van der Waals surface area contributed by atoms with E-state index in [-0.39, 0.29) is 6.04 Å². The summed E-state index contributed by atoms with van der Waals surface area (Å²) in [6.45, 7) is 3.66. The molecule has 15 heavy (non-hydrogen) atoms. The molecule has 0 bridgehead atoms. The predicted molar refractivity (Wildman–Crippen MR) is 61.5 cm³/mol. The molecule has 1 heterocycles. The number of nitrogens with zero attached hydrogens (tertiary/aromatic N) is 1. The van der Waals surface area contributed by atoms with Crippen LogP contribution in [0.15, 0.2) is 24.5 Å². The Morgan fingerprint density at radius 1 is 1.47 bits per heavy atom. The van der Waals surface area contributed by atoms with Gasteiger partial charge < -0.3 is 10.5 Å². The number of nitrogens with two attached hydrogens (primary N) is 1. The summed E-state index contributed by atoms with van der Waals surface area (Å²) in [7, 11) is 0. The number of aromatic nitrogens is 1. The number of hydrogen-bond acceptors (Lipinski definition) is 3. The van der Waals surface area contributed by atoms with Crippen molar-refractivity contribution in [3.8, 4) is 0 Å². The zero-order valence-electron chi connectivity index (χ0n) is 9.36.